The summed E-state index contributed by atoms with van der Waals surface area (Å²) < 4.78 is 29.7. The molecule has 2 aromatic rings. The van der Waals surface area contributed by atoms with E-state index in [1.807, 2.05) is 0 Å². The zero-order chi connectivity index (χ0) is 15.7. The van der Waals surface area contributed by atoms with Crippen molar-refractivity contribution in [2.24, 2.45) is 0 Å². The molecule has 0 aliphatic carbocycles. The molecule has 0 spiro atoms. The molecule has 1 amide bonds. The normalized spacial score (nSPS) is 14.1. The van der Waals surface area contributed by atoms with Crippen molar-refractivity contribution in [3.05, 3.63) is 53.1 Å². The summed E-state index contributed by atoms with van der Waals surface area (Å²) in [6.07, 6.45) is 0.841. The van der Waals surface area contributed by atoms with Crippen LogP contribution < -0.4 is 9.50 Å². The summed E-state index contributed by atoms with van der Waals surface area (Å²) in [5.41, 5.74) is 1.41. The lowest BCUT2D eigenvalue weighted by molar-refractivity contribution is -0.116. The molecule has 0 saturated carbocycles. The number of amides is 1. The molecule has 1 aliphatic heterocycles. The van der Waals surface area contributed by atoms with E-state index in [0.717, 1.165) is 5.56 Å². The standard InChI is InChI=1S/C15H12ClNO4S/c16-11-2-1-3-12(9-11)21-22(19,20)13-5-6-14-10(8-13)4-7-15(18)17-14/h1-3,5-6,8-9H,4,7H2,(H,17,18). The molecule has 0 aromatic heterocycles. The molecule has 1 aliphatic rings. The Morgan fingerprint density at radius 1 is 1.09 bits per heavy atom. The number of hydrogen-bond donors (Lipinski definition) is 1. The minimum absolute atomic E-state index is 0.0439. The van der Waals surface area contributed by atoms with Crippen LogP contribution in [0.2, 0.25) is 5.02 Å². The Morgan fingerprint density at radius 2 is 1.91 bits per heavy atom. The zero-order valence-corrected chi connectivity index (χ0v) is 12.9. The number of hydrogen-bond acceptors (Lipinski definition) is 4. The molecule has 0 radical (unpaired) electrons. The number of benzene rings is 2. The van der Waals surface area contributed by atoms with Gasteiger partial charge in [0.15, 0.2) is 0 Å². The van der Waals surface area contributed by atoms with Crippen molar-refractivity contribution in [2.75, 3.05) is 5.32 Å². The SMILES string of the molecule is O=C1CCc2cc(S(=O)(=O)Oc3cccc(Cl)c3)ccc2N1. The van der Waals surface area contributed by atoms with Gasteiger partial charge < -0.3 is 9.50 Å². The molecule has 3 rings (SSSR count). The Kier molecular flexibility index (Phi) is 3.80. The fourth-order valence-electron chi connectivity index (χ4n) is 2.21. The predicted octanol–water partition coefficient (Wildman–Crippen LogP) is 2.99. The first kappa shape index (κ1) is 14.9. The van der Waals surface area contributed by atoms with E-state index in [9.17, 15) is 13.2 Å². The lowest BCUT2D eigenvalue weighted by Crippen LogP contribution is -2.19. The highest BCUT2D eigenvalue weighted by Crippen LogP contribution is 2.27. The number of rotatable bonds is 3. The molecule has 1 N–H and O–H groups in total. The van der Waals surface area contributed by atoms with Gasteiger partial charge in [0.1, 0.15) is 10.6 Å². The van der Waals surface area contributed by atoms with Crippen molar-refractivity contribution < 1.29 is 17.4 Å². The van der Waals surface area contributed by atoms with Crippen LogP contribution in [0.1, 0.15) is 12.0 Å². The topological polar surface area (TPSA) is 72.5 Å². The van der Waals surface area contributed by atoms with E-state index in [0.29, 0.717) is 23.6 Å². The first-order valence-electron chi connectivity index (χ1n) is 6.57. The van der Waals surface area contributed by atoms with Crippen molar-refractivity contribution >= 4 is 33.3 Å². The third-order valence-electron chi connectivity index (χ3n) is 3.26. The molecule has 2 aromatic carbocycles. The number of aryl methyl sites for hydroxylation is 1. The molecular weight excluding hydrogens is 326 g/mol. The quantitative estimate of drug-likeness (QED) is 0.874. The largest absolute Gasteiger partial charge is 0.379 e. The fraction of sp³-hybridized carbons (Fsp3) is 0.133. The fourth-order valence-corrected chi connectivity index (χ4v) is 3.36. The molecule has 0 unspecified atom stereocenters. The molecule has 7 heteroatoms. The summed E-state index contributed by atoms with van der Waals surface area (Å²) in [5.74, 6) is 0.0804. The summed E-state index contributed by atoms with van der Waals surface area (Å²) in [4.78, 5) is 11.4. The Hall–Kier alpha value is -2.05. The third-order valence-corrected chi connectivity index (χ3v) is 4.74. The van der Waals surface area contributed by atoms with Gasteiger partial charge in [-0.15, -0.1) is 0 Å². The maximum atomic E-state index is 12.3. The maximum absolute atomic E-state index is 12.3. The van der Waals surface area contributed by atoms with Gasteiger partial charge in [0, 0.05) is 23.2 Å². The Morgan fingerprint density at radius 3 is 2.68 bits per heavy atom. The van der Waals surface area contributed by atoms with Gasteiger partial charge in [-0.2, -0.15) is 8.42 Å². The van der Waals surface area contributed by atoms with E-state index < -0.39 is 10.1 Å². The summed E-state index contributed by atoms with van der Waals surface area (Å²) in [6.45, 7) is 0. The molecule has 0 fully saturated rings. The number of carbonyl (C=O) groups excluding carboxylic acids is 1. The molecule has 0 atom stereocenters. The van der Waals surface area contributed by atoms with Gasteiger partial charge in [0.05, 0.1) is 0 Å². The van der Waals surface area contributed by atoms with Crippen LogP contribution in [0.25, 0.3) is 0 Å². The first-order valence-corrected chi connectivity index (χ1v) is 8.35. The van der Waals surface area contributed by atoms with E-state index in [1.54, 1.807) is 18.2 Å². The molecular formula is C15H12ClNO4S. The van der Waals surface area contributed by atoms with Crippen LogP contribution in [0, 0.1) is 0 Å². The van der Waals surface area contributed by atoms with E-state index in [4.69, 9.17) is 15.8 Å². The number of fused-ring (bicyclic) bond motifs is 1. The van der Waals surface area contributed by atoms with Crippen molar-refractivity contribution in [3.8, 4) is 5.75 Å². The average Bonchev–Trinajstić information content (AvgIpc) is 2.46. The number of nitrogens with one attached hydrogen (secondary N) is 1. The Balaban J connectivity index is 1.91. The van der Waals surface area contributed by atoms with Crippen molar-refractivity contribution in [3.63, 3.8) is 0 Å². The zero-order valence-electron chi connectivity index (χ0n) is 11.4. The second-order valence-electron chi connectivity index (χ2n) is 4.86. The third kappa shape index (κ3) is 3.08. The molecule has 0 saturated heterocycles. The number of anilines is 1. The lowest BCUT2D eigenvalue weighted by Gasteiger charge is -2.17. The van der Waals surface area contributed by atoms with Crippen molar-refractivity contribution in [1.82, 2.24) is 0 Å². The molecule has 0 bridgehead atoms. The second-order valence-corrected chi connectivity index (χ2v) is 6.84. The lowest BCUT2D eigenvalue weighted by atomic mass is 10.0. The highest BCUT2D eigenvalue weighted by Gasteiger charge is 2.21. The van der Waals surface area contributed by atoms with Gasteiger partial charge in [-0.1, -0.05) is 17.7 Å². The Labute approximate surface area is 133 Å². The van der Waals surface area contributed by atoms with Gasteiger partial charge in [0.2, 0.25) is 5.91 Å². The van der Waals surface area contributed by atoms with Crippen LogP contribution >= 0.6 is 11.6 Å². The highest BCUT2D eigenvalue weighted by atomic mass is 35.5. The predicted molar refractivity (Wildman–Crippen MR) is 82.7 cm³/mol. The summed E-state index contributed by atoms with van der Waals surface area (Å²) >= 11 is 5.81. The minimum Gasteiger partial charge on any atom is -0.379 e. The first-order chi connectivity index (χ1) is 10.4. The maximum Gasteiger partial charge on any atom is 0.339 e. The van der Waals surface area contributed by atoms with Crippen LogP contribution in [0.4, 0.5) is 5.69 Å². The molecule has 114 valence electrons. The van der Waals surface area contributed by atoms with Gasteiger partial charge in [-0.25, -0.2) is 0 Å². The summed E-state index contributed by atoms with van der Waals surface area (Å²) in [5, 5.41) is 3.09. The Bertz CT molecular complexity index is 848. The molecule has 5 nitrogen and oxygen atoms in total. The smallest absolute Gasteiger partial charge is 0.339 e. The van der Waals surface area contributed by atoms with E-state index in [-0.39, 0.29) is 16.6 Å². The van der Waals surface area contributed by atoms with E-state index in [2.05, 4.69) is 5.32 Å². The average molecular weight is 338 g/mol. The minimum atomic E-state index is -3.95. The van der Waals surface area contributed by atoms with Crippen LogP contribution in [-0.4, -0.2) is 14.3 Å². The van der Waals surface area contributed by atoms with Crippen LogP contribution in [0.3, 0.4) is 0 Å². The number of carbonyl (C=O) groups is 1. The van der Waals surface area contributed by atoms with Gasteiger partial charge in [-0.3, -0.25) is 4.79 Å². The van der Waals surface area contributed by atoms with Crippen molar-refractivity contribution in [1.29, 1.82) is 0 Å². The summed E-state index contributed by atoms with van der Waals surface area (Å²) in [6, 6.07) is 10.7. The highest BCUT2D eigenvalue weighted by molar-refractivity contribution is 7.87. The van der Waals surface area contributed by atoms with E-state index >= 15 is 0 Å². The van der Waals surface area contributed by atoms with Crippen LogP contribution in [0.5, 0.6) is 5.75 Å². The van der Waals surface area contributed by atoms with E-state index in [1.165, 1.54) is 24.3 Å². The van der Waals surface area contributed by atoms with Crippen LogP contribution in [0.15, 0.2) is 47.4 Å². The van der Waals surface area contributed by atoms with Crippen molar-refractivity contribution in [2.45, 2.75) is 17.7 Å². The van der Waals surface area contributed by atoms with Gasteiger partial charge in [0.25, 0.3) is 0 Å². The van der Waals surface area contributed by atoms with Gasteiger partial charge in [-0.05, 0) is 42.3 Å². The monoisotopic (exact) mass is 337 g/mol. The second kappa shape index (κ2) is 5.62. The van der Waals surface area contributed by atoms with Gasteiger partial charge >= 0.3 is 10.1 Å². The summed E-state index contributed by atoms with van der Waals surface area (Å²) in [7, 11) is -3.95. The van der Waals surface area contributed by atoms with Crippen LogP contribution in [-0.2, 0) is 21.3 Å². The molecule has 22 heavy (non-hydrogen) atoms. The molecule has 1 heterocycles. The number of halogens is 1.